The van der Waals surface area contributed by atoms with Gasteiger partial charge in [-0.2, -0.15) is 0 Å². The second kappa shape index (κ2) is 4.20. The van der Waals surface area contributed by atoms with E-state index in [1.54, 1.807) is 4.90 Å². The van der Waals surface area contributed by atoms with E-state index in [0.717, 1.165) is 0 Å². The molecule has 1 N–H and O–H groups in total. The van der Waals surface area contributed by atoms with Gasteiger partial charge in [-0.15, -0.1) is 0 Å². The summed E-state index contributed by atoms with van der Waals surface area (Å²) in [7, 11) is 0. The monoisotopic (exact) mass is 256 g/mol. The van der Waals surface area contributed by atoms with E-state index >= 15 is 0 Å². The van der Waals surface area contributed by atoms with E-state index in [1.807, 2.05) is 0 Å². The lowest BCUT2D eigenvalue weighted by Crippen LogP contribution is -2.44. The van der Waals surface area contributed by atoms with Crippen molar-refractivity contribution in [3.8, 4) is 0 Å². The third-order valence-electron chi connectivity index (χ3n) is 3.14. The molecule has 0 amide bonds. The summed E-state index contributed by atoms with van der Waals surface area (Å²) in [4.78, 5) is 1.67. The number of hydrogen-bond donors (Lipinski definition) is 1. The van der Waals surface area contributed by atoms with E-state index in [1.165, 1.54) is 12.3 Å². The van der Waals surface area contributed by atoms with Crippen molar-refractivity contribution in [1.29, 1.82) is 0 Å². The third kappa shape index (κ3) is 1.56. The van der Waals surface area contributed by atoms with Crippen molar-refractivity contribution in [3.05, 3.63) is 29.8 Å². The van der Waals surface area contributed by atoms with E-state index in [2.05, 4.69) is 5.32 Å². The Kier molecular flexibility index (Phi) is 2.66. The van der Waals surface area contributed by atoms with Crippen LogP contribution in [0.25, 0.3) is 11.0 Å². The van der Waals surface area contributed by atoms with Gasteiger partial charge in [0.2, 0.25) is 0 Å². The molecule has 0 unspecified atom stereocenters. The number of furan rings is 1. The summed E-state index contributed by atoms with van der Waals surface area (Å²) >= 11 is 0. The Labute approximate surface area is 101 Å². The Morgan fingerprint density at radius 2 is 1.78 bits per heavy atom. The highest BCUT2D eigenvalue weighted by Crippen LogP contribution is 2.35. The van der Waals surface area contributed by atoms with Crippen molar-refractivity contribution < 1.29 is 17.6 Å². The van der Waals surface area contributed by atoms with Crippen LogP contribution in [-0.4, -0.2) is 26.2 Å². The molecule has 0 atom stereocenters. The van der Waals surface area contributed by atoms with Gasteiger partial charge in [-0.05, 0) is 6.07 Å². The normalized spacial score (nSPS) is 16.5. The van der Waals surface area contributed by atoms with Crippen molar-refractivity contribution >= 4 is 16.7 Å². The number of anilines is 1. The van der Waals surface area contributed by atoms with E-state index in [-0.39, 0.29) is 16.7 Å². The number of halogens is 3. The largest absolute Gasteiger partial charge is 0.462 e. The van der Waals surface area contributed by atoms with Crippen LogP contribution in [0.5, 0.6) is 0 Å². The van der Waals surface area contributed by atoms with Gasteiger partial charge in [0.25, 0.3) is 0 Å². The summed E-state index contributed by atoms with van der Waals surface area (Å²) in [5.41, 5.74) is 0.0729. The Morgan fingerprint density at radius 1 is 1.06 bits per heavy atom. The van der Waals surface area contributed by atoms with Crippen LogP contribution in [0.15, 0.2) is 16.7 Å². The summed E-state index contributed by atoms with van der Waals surface area (Å²) < 4.78 is 46.1. The lowest BCUT2D eigenvalue weighted by Gasteiger charge is -2.29. The minimum atomic E-state index is -1.45. The van der Waals surface area contributed by atoms with Crippen molar-refractivity contribution in [2.75, 3.05) is 31.1 Å². The Hall–Kier alpha value is -1.69. The van der Waals surface area contributed by atoms with Crippen molar-refractivity contribution in [2.45, 2.75) is 0 Å². The molecule has 96 valence electrons. The molecule has 1 fully saturated rings. The van der Waals surface area contributed by atoms with Gasteiger partial charge < -0.3 is 14.6 Å². The Morgan fingerprint density at radius 3 is 2.50 bits per heavy atom. The highest BCUT2D eigenvalue weighted by atomic mass is 19.2. The van der Waals surface area contributed by atoms with Crippen LogP contribution in [-0.2, 0) is 0 Å². The molecule has 1 aromatic heterocycles. The van der Waals surface area contributed by atoms with Gasteiger partial charge in [0, 0.05) is 26.2 Å². The number of hydrogen-bond acceptors (Lipinski definition) is 3. The molecule has 2 heterocycles. The first-order chi connectivity index (χ1) is 8.70. The number of nitrogens with zero attached hydrogens (tertiary/aromatic N) is 1. The number of piperazine rings is 1. The number of benzene rings is 1. The molecule has 3 nitrogen and oxygen atoms in total. The van der Waals surface area contributed by atoms with E-state index in [9.17, 15) is 13.2 Å². The second-order valence-electron chi connectivity index (χ2n) is 4.19. The summed E-state index contributed by atoms with van der Waals surface area (Å²) in [6.45, 7) is 2.39. The molecule has 1 aliphatic heterocycles. The molecule has 6 heteroatoms. The molecular weight excluding hydrogens is 245 g/mol. The Bertz CT molecular complexity index is 591. The fraction of sp³-hybridized carbons (Fsp3) is 0.333. The average molecular weight is 256 g/mol. The van der Waals surface area contributed by atoms with E-state index < -0.39 is 17.5 Å². The van der Waals surface area contributed by atoms with E-state index in [4.69, 9.17) is 4.42 Å². The highest BCUT2D eigenvalue weighted by Gasteiger charge is 2.26. The van der Waals surface area contributed by atoms with Gasteiger partial charge in [0.05, 0.1) is 11.6 Å². The maximum absolute atomic E-state index is 13.9. The van der Waals surface area contributed by atoms with Gasteiger partial charge in [0.1, 0.15) is 5.69 Å². The van der Waals surface area contributed by atoms with Crippen molar-refractivity contribution in [2.24, 2.45) is 0 Å². The van der Waals surface area contributed by atoms with Gasteiger partial charge in [-0.3, -0.25) is 0 Å². The predicted octanol–water partition coefficient (Wildman–Crippen LogP) is 2.26. The van der Waals surface area contributed by atoms with Crippen LogP contribution in [0.2, 0.25) is 0 Å². The molecule has 0 spiro atoms. The van der Waals surface area contributed by atoms with Crippen LogP contribution in [0, 0.1) is 17.5 Å². The lowest BCUT2D eigenvalue weighted by atomic mass is 10.1. The summed E-state index contributed by atoms with van der Waals surface area (Å²) in [5, 5.41) is 3.08. The fourth-order valence-corrected chi connectivity index (χ4v) is 2.25. The molecule has 1 aliphatic rings. The SMILES string of the molecule is Fc1c(F)c(N2CCNCC2)c2occc2c1F. The standard InChI is InChI=1S/C12H11F3N2O/c13-8-7-1-6-18-12(7)11(10(15)9(8)14)17-4-2-16-3-5-17/h1,6,16H,2-5H2. The van der Waals surface area contributed by atoms with Gasteiger partial charge >= 0.3 is 0 Å². The van der Waals surface area contributed by atoms with Crippen LogP contribution in [0.1, 0.15) is 0 Å². The molecule has 1 aromatic carbocycles. The third-order valence-corrected chi connectivity index (χ3v) is 3.14. The first-order valence-corrected chi connectivity index (χ1v) is 5.69. The van der Waals surface area contributed by atoms with Crippen molar-refractivity contribution in [3.63, 3.8) is 0 Å². The molecular formula is C12H11F3N2O. The first-order valence-electron chi connectivity index (χ1n) is 5.69. The van der Waals surface area contributed by atoms with E-state index in [0.29, 0.717) is 26.2 Å². The molecule has 0 saturated carbocycles. The van der Waals surface area contributed by atoms with Crippen LogP contribution >= 0.6 is 0 Å². The average Bonchev–Trinajstić information content (AvgIpc) is 2.87. The maximum Gasteiger partial charge on any atom is 0.197 e. The molecule has 0 bridgehead atoms. The summed E-state index contributed by atoms with van der Waals surface area (Å²) in [6, 6.07) is 1.30. The number of fused-ring (bicyclic) bond motifs is 1. The quantitative estimate of drug-likeness (QED) is 0.793. The predicted molar refractivity (Wildman–Crippen MR) is 61.2 cm³/mol. The van der Waals surface area contributed by atoms with Crippen LogP contribution in [0.4, 0.5) is 18.9 Å². The molecule has 18 heavy (non-hydrogen) atoms. The molecule has 3 rings (SSSR count). The second-order valence-corrected chi connectivity index (χ2v) is 4.19. The summed E-state index contributed by atoms with van der Waals surface area (Å²) in [6.07, 6.45) is 1.23. The van der Waals surface area contributed by atoms with Gasteiger partial charge in [-0.1, -0.05) is 0 Å². The minimum Gasteiger partial charge on any atom is -0.462 e. The number of rotatable bonds is 1. The maximum atomic E-state index is 13.9. The zero-order valence-corrected chi connectivity index (χ0v) is 9.47. The number of nitrogens with one attached hydrogen (secondary N) is 1. The first kappa shape index (κ1) is 11.4. The Balaban J connectivity index is 2.23. The zero-order chi connectivity index (χ0) is 12.7. The summed E-state index contributed by atoms with van der Waals surface area (Å²) in [5.74, 6) is -3.83. The fourth-order valence-electron chi connectivity index (χ4n) is 2.25. The topological polar surface area (TPSA) is 28.4 Å². The van der Waals surface area contributed by atoms with Crippen LogP contribution < -0.4 is 10.2 Å². The molecule has 2 aromatic rings. The van der Waals surface area contributed by atoms with Crippen LogP contribution in [0.3, 0.4) is 0 Å². The van der Waals surface area contributed by atoms with Crippen molar-refractivity contribution in [1.82, 2.24) is 5.32 Å². The smallest absolute Gasteiger partial charge is 0.197 e. The molecule has 0 radical (unpaired) electrons. The molecule has 0 aliphatic carbocycles. The lowest BCUT2D eigenvalue weighted by molar-refractivity contribution is 0.448. The minimum absolute atomic E-state index is 0.00963. The molecule has 1 saturated heterocycles. The zero-order valence-electron chi connectivity index (χ0n) is 9.47. The van der Waals surface area contributed by atoms with Gasteiger partial charge in [0.15, 0.2) is 23.0 Å². The highest BCUT2D eigenvalue weighted by molar-refractivity contribution is 5.90. The van der Waals surface area contributed by atoms with Gasteiger partial charge in [-0.25, -0.2) is 13.2 Å².